The third-order valence-corrected chi connectivity index (χ3v) is 5.10. The largest absolute Gasteiger partial charge is 0.497 e. The highest BCUT2D eigenvalue weighted by molar-refractivity contribution is 5.94. The number of benzene rings is 2. The Morgan fingerprint density at radius 2 is 1.93 bits per heavy atom. The number of halogens is 2. The van der Waals surface area contributed by atoms with Gasteiger partial charge in [-0.1, -0.05) is 12.1 Å². The highest BCUT2D eigenvalue weighted by atomic mass is 19.1. The van der Waals surface area contributed by atoms with Gasteiger partial charge in [0.25, 0.3) is 5.91 Å². The maximum absolute atomic E-state index is 13.6. The summed E-state index contributed by atoms with van der Waals surface area (Å²) in [7, 11) is 1.61. The van der Waals surface area contributed by atoms with Gasteiger partial charge in [-0.25, -0.2) is 8.78 Å². The first-order chi connectivity index (χ1) is 14.0. The number of carbonyl (C=O) groups is 2. The van der Waals surface area contributed by atoms with E-state index >= 15 is 0 Å². The van der Waals surface area contributed by atoms with Crippen LogP contribution in [0.15, 0.2) is 42.5 Å². The zero-order valence-electron chi connectivity index (χ0n) is 16.3. The molecule has 2 aromatic rings. The second-order valence-corrected chi connectivity index (χ2v) is 7.00. The van der Waals surface area contributed by atoms with E-state index in [9.17, 15) is 18.4 Å². The summed E-state index contributed by atoms with van der Waals surface area (Å²) in [6.45, 7) is 0.950. The minimum absolute atomic E-state index is 0.0329. The summed E-state index contributed by atoms with van der Waals surface area (Å²) in [5, 5.41) is 2.57. The van der Waals surface area contributed by atoms with E-state index in [0.717, 1.165) is 36.3 Å². The number of carbonyl (C=O) groups excluding carboxylic acids is 2. The number of amides is 2. The first-order valence-electron chi connectivity index (χ1n) is 9.66. The van der Waals surface area contributed by atoms with Crippen LogP contribution < -0.4 is 10.1 Å². The van der Waals surface area contributed by atoms with Gasteiger partial charge in [0.15, 0.2) is 0 Å². The van der Waals surface area contributed by atoms with Gasteiger partial charge in [-0.15, -0.1) is 0 Å². The fourth-order valence-corrected chi connectivity index (χ4v) is 3.59. The summed E-state index contributed by atoms with van der Waals surface area (Å²) < 4.78 is 31.7. The van der Waals surface area contributed by atoms with Gasteiger partial charge in [0, 0.05) is 25.6 Å². The predicted molar refractivity (Wildman–Crippen MR) is 105 cm³/mol. The van der Waals surface area contributed by atoms with Gasteiger partial charge in [0.1, 0.15) is 17.4 Å². The Bertz CT molecular complexity index is 871. The van der Waals surface area contributed by atoms with Crippen LogP contribution in [0.3, 0.4) is 0 Å². The highest BCUT2D eigenvalue weighted by Crippen LogP contribution is 2.33. The minimum atomic E-state index is -0.905. The lowest BCUT2D eigenvalue weighted by Crippen LogP contribution is -2.31. The first kappa shape index (κ1) is 20.8. The molecule has 3 rings (SSSR count). The zero-order chi connectivity index (χ0) is 20.8. The van der Waals surface area contributed by atoms with E-state index in [-0.39, 0.29) is 24.1 Å². The molecule has 1 unspecified atom stereocenters. The van der Waals surface area contributed by atoms with Crippen LogP contribution in [0.25, 0.3) is 0 Å². The van der Waals surface area contributed by atoms with Crippen LogP contribution in [0, 0.1) is 11.6 Å². The number of rotatable bonds is 7. The molecule has 1 saturated heterocycles. The molecule has 1 aliphatic heterocycles. The molecule has 0 aromatic heterocycles. The molecule has 0 aliphatic carbocycles. The van der Waals surface area contributed by atoms with E-state index in [1.54, 1.807) is 7.11 Å². The summed E-state index contributed by atoms with van der Waals surface area (Å²) >= 11 is 0. The van der Waals surface area contributed by atoms with Crippen molar-refractivity contribution in [1.29, 1.82) is 0 Å². The van der Waals surface area contributed by atoms with Crippen molar-refractivity contribution in [3.8, 4) is 5.75 Å². The standard InChI is InChI=1S/C22H24F2N2O3/c1-29-17-9-6-15(7-10-17)20-4-3-13-26(20)21(27)5-2-12-25-22(28)18-11-8-16(23)14-19(18)24/h6-11,14,20H,2-5,12-13H2,1H3,(H,25,28). The Morgan fingerprint density at radius 1 is 1.17 bits per heavy atom. The van der Waals surface area contributed by atoms with E-state index in [1.807, 2.05) is 29.2 Å². The Kier molecular flexibility index (Phi) is 6.80. The Labute approximate surface area is 168 Å². The average Bonchev–Trinajstić information content (AvgIpc) is 3.21. The van der Waals surface area contributed by atoms with Crippen molar-refractivity contribution in [2.45, 2.75) is 31.7 Å². The van der Waals surface area contributed by atoms with Gasteiger partial charge >= 0.3 is 0 Å². The van der Waals surface area contributed by atoms with E-state index in [0.29, 0.717) is 25.5 Å². The van der Waals surface area contributed by atoms with Crippen molar-refractivity contribution in [1.82, 2.24) is 10.2 Å². The summed E-state index contributed by atoms with van der Waals surface area (Å²) in [5.74, 6) is -1.45. The molecule has 0 saturated carbocycles. The normalized spacial score (nSPS) is 16.0. The van der Waals surface area contributed by atoms with Crippen LogP contribution in [0.4, 0.5) is 8.78 Å². The van der Waals surface area contributed by atoms with Gasteiger partial charge in [0.05, 0.1) is 18.7 Å². The van der Waals surface area contributed by atoms with Crippen molar-refractivity contribution in [3.05, 3.63) is 65.2 Å². The molecule has 1 N–H and O–H groups in total. The molecule has 2 aromatic carbocycles. The summed E-state index contributed by atoms with van der Waals surface area (Å²) in [6, 6.07) is 10.6. The van der Waals surface area contributed by atoms with Gasteiger partial charge in [0.2, 0.25) is 5.91 Å². The van der Waals surface area contributed by atoms with Crippen LogP contribution in [-0.2, 0) is 4.79 Å². The smallest absolute Gasteiger partial charge is 0.254 e. The number of nitrogens with zero attached hydrogens (tertiary/aromatic N) is 1. The molecule has 2 amide bonds. The Balaban J connectivity index is 1.48. The third kappa shape index (κ3) is 5.10. The van der Waals surface area contributed by atoms with Crippen LogP contribution >= 0.6 is 0 Å². The molecule has 1 aliphatic rings. The van der Waals surface area contributed by atoms with Crippen LogP contribution in [0.2, 0.25) is 0 Å². The topological polar surface area (TPSA) is 58.6 Å². The highest BCUT2D eigenvalue weighted by Gasteiger charge is 2.29. The Morgan fingerprint density at radius 3 is 2.62 bits per heavy atom. The number of ether oxygens (including phenoxy) is 1. The number of likely N-dealkylation sites (tertiary alicyclic amines) is 1. The lowest BCUT2D eigenvalue weighted by molar-refractivity contribution is -0.132. The summed E-state index contributed by atoms with van der Waals surface area (Å²) in [4.78, 5) is 26.5. The maximum Gasteiger partial charge on any atom is 0.254 e. The van der Waals surface area contributed by atoms with E-state index in [2.05, 4.69) is 5.32 Å². The third-order valence-electron chi connectivity index (χ3n) is 5.10. The molecule has 1 fully saturated rings. The number of methoxy groups -OCH3 is 1. The van der Waals surface area contributed by atoms with E-state index in [4.69, 9.17) is 4.74 Å². The van der Waals surface area contributed by atoms with Crippen LogP contribution in [0.1, 0.15) is 47.6 Å². The Hall–Kier alpha value is -2.96. The van der Waals surface area contributed by atoms with Crippen molar-refractivity contribution in [3.63, 3.8) is 0 Å². The second-order valence-electron chi connectivity index (χ2n) is 7.00. The van der Waals surface area contributed by atoms with Gasteiger partial charge < -0.3 is 15.0 Å². The summed E-state index contributed by atoms with van der Waals surface area (Å²) in [5.41, 5.74) is 0.869. The first-order valence-corrected chi connectivity index (χ1v) is 9.66. The molecular formula is C22H24F2N2O3. The number of nitrogens with one attached hydrogen (secondary N) is 1. The molecule has 0 bridgehead atoms. The molecule has 1 heterocycles. The van der Waals surface area contributed by atoms with Crippen LogP contribution in [0.5, 0.6) is 5.75 Å². The molecule has 29 heavy (non-hydrogen) atoms. The molecule has 0 radical (unpaired) electrons. The lowest BCUT2D eigenvalue weighted by Gasteiger charge is -2.25. The molecule has 1 atom stereocenters. The maximum atomic E-state index is 13.6. The van der Waals surface area contributed by atoms with Crippen molar-refractivity contribution < 1.29 is 23.1 Å². The average molecular weight is 402 g/mol. The fourth-order valence-electron chi connectivity index (χ4n) is 3.59. The molecule has 5 nitrogen and oxygen atoms in total. The SMILES string of the molecule is COc1ccc(C2CCCN2C(=O)CCCNC(=O)c2ccc(F)cc2F)cc1. The van der Waals surface area contributed by atoms with Crippen molar-refractivity contribution in [2.75, 3.05) is 20.2 Å². The quantitative estimate of drug-likeness (QED) is 0.716. The van der Waals surface area contributed by atoms with Gasteiger partial charge in [-0.05, 0) is 49.1 Å². The lowest BCUT2D eigenvalue weighted by atomic mass is 10.0. The van der Waals surface area contributed by atoms with Crippen LogP contribution in [-0.4, -0.2) is 36.9 Å². The molecule has 7 heteroatoms. The number of hydrogen-bond acceptors (Lipinski definition) is 3. The van der Waals surface area contributed by atoms with Crippen molar-refractivity contribution >= 4 is 11.8 Å². The zero-order valence-corrected chi connectivity index (χ0v) is 16.3. The fraction of sp³-hybridized carbons (Fsp3) is 0.364. The van der Waals surface area contributed by atoms with Gasteiger partial charge in [-0.3, -0.25) is 9.59 Å². The molecule has 154 valence electrons. The molecule has 0 spiro atoms. The number of hydrogen-bond donors (Lipinski definition) is 1. The predicted octanol–water partition coefficient (Wildman–Crippen LogP) is 3.85. The second kappa shape index (κ2) is 9.49. The molecular weight excluding hydrogens is 378 g/mol. The minimum Gasteiger partial charge on any atom is -0.497 e. The van der Waals surface area contributed by atoms with Crippen molar-refractivity contribution in [2.24, 2.45) is 0 Å². The summed E-state index contributed by atoms with van der Waals surface area (Å²) in [6.07, 6.45) is 2.60. The van der Waals surface area contributed by atoms with Gasteiger partial charge in [-0.2, -0.15) is 0 Å². The van der Waals surface area contributed by atoms with E-state index in [1.165, 1.54) is 0 Å². The monoisotopic (exact) mass is 402 g/mol. The van der Waals surface area contributed by atoms with E-state index < -0.39 is 17.5 Å².